The molecule has 0 radical (unpaired) electrons. The number of alkyl carbamates (subject to hydrolysis) is 1. The van der Waals surface area contributed by atoms with Crippen molar-refractivity contribution in [3.63, 3.8) is 0 Å². The molecule has 0 spiro atoms. The minimum Gasteiger partial charge on any atom is -0.496 e. The summed E-state index contributed by atoms with van der Waals surface area (Å²) in [5.74, 6) is -0.479. The SMILES string of the molecule is COc1cc(C=C(CNC(=O)OCc2ccccc2)B2OC(C)(C)C(C)(C)O2)ccc1CC(=O)O. The number of methoxy groups -OCH3 is 1. The maximum absolute atomic E-state index is 12.4. The first kappa shape index (κ1) is 26.3. The fourth-order valence-electron chi connectivity index (χ4n) is 3.52. The van der Waals surface area contributed by atoms with Crippen molar-refractivity contribution in [1.29, 1.82) is 0 Å². The van der Waals surface area contributed by atoms with Crippen LogP contribution in [0.3, 0.4) is 0 Å². The number of hydrogen-bond donors (Lipinski definition) is 2. The predicted octanol–water partition coefficient (Wildman–Crippen LogP) is 4.26. The number of carboxylic acids is 1. The van der Waals surface area contributed by atoms with Gasteiger partial charge in [0.1, 0.15) is 12.4 Å². The van der Waals surface area contributed by atoms with Crippen LogP contribution in [0.5, 0.6) is 5.75 Å². The standard InChI is InChI=1S/C26H32BNO7/c1-25(2)26(3,4)35-27(34-25)21(16-28-24(31)33-17-18-9-7-6-8-10-18)13-19-11-12-20(15-23(29)30)22(14-19)32-5/h6-14H,15-17H2,1-5H3,(H,28,31)(H,29,30). The number of carboxylic acid groups (broad SMARTS) is 1. The highest BCUT2D eigenvalue weighted by Crippen LogP contribution is 2.39. The molecule has 2 aromatic rings. The fourth-order valence-corrected chi connectivity index (χ4v) is 3.52. The van der Waals surface area contributed by atoms with Crippen LogP contribution < -0.4 is 10.1 Å². The van der Waals surface area contributed by atoms with E-state index in [4.69, 9.17) is 23.9 Å². The van der Waals surface area contributed by atoms with E-state index in [0.717, 1.165) is 11.1 Å². The van der Waals surface area contributed by atoms with Gasteiger partial charge in [-0.15, -0.1) is 0 Å². The van der Waals surface area contributed by atoms with Gasteiger partial charge in [-0.1, -0.05) is 48.5 Å². The van der Waals surface area contributed by atoms with Gasteiger partial charge >= 0.3 is 19.2 Å². The molecule has 1 fully saturated rings. The summed E-state index contributed by atoms with van der Waals surface area (Å²) < 4.78 is 23.1. The molecule has 9 heteroatoms. The summed E-state index contributed by atoms with van der Waals surface area (Å²) in [5, 5.41) is 11.9. The lowest BCUT2D eigenvalue weighted by Crippen LogP contribution is -2.41. The van der Waals surface area contributed by atoms with Gasteiger partial charge in [0.2, 0.25) is 0 Å². The Balaban J connectivity index is 1.80. The number of aliphatic carboxylic acids is 1. The van der Waals surface area contributed by atoms with Gasteiger partial charge in [-0.3, -0.25) is 4.79 Å². The lowest BCUT2D eigenvalue weighted by molar-refractivity contribution is -0.136. The molecule has 0 saturated carbocycles. The summed E-state index contributed by atoms with van der Waals surface area (Å²) in [6.07, 6.45) is 1.13. The zero-order chi connectivity index (χ0) is 25.6. The molecule has 0 unspecified atom stereocenters. The van der Waals surface area contributed by atoms with Gasteiger partial charge in [0.05, 0.1) is 24.7 Å². The van der Waals surface area contributed by atoms with Gasteiger partial charge in [0, 0.05) is 12.1 Å². The molecule has 3 rings (SSSR count). The van der Waals surface area contributed by atoms with Gasteiger partial charge in [-0.2, -0.15) is 0 Å². The molecule has 2 aromatic carbocycles. The summed E-state index contributed by atoms with van der Waals surface area (Å²) in [4.78, 5) is 23.5. The van der Waals surface area contributed by atoms with Crippen molar-refractivity contribution >= 4 is 25.3 Å². The maximum atomic E-state index is 12.4. The molecule has 1 saturated heterocycles. The van der Waals surface area contributed by atoms with E-state index >= 15 is 0 Å². The summed E-state index contributed by atoms with van der Waals surface area (Å²) in [5.41, 5.74) is 1.75. The summed E-state index contributed by atoms with van der Waals surface area (Å²) in [7, 11) is 0.798. The smallest absolute Gasteiger partial charge is 0.492 e. The Morgan fingerprint density at radius 3 is 2.31 bits per heavy atom. The zero-order valence-electron chi connectivity index (χ0n) is 20.8. The molecule has 35 heavy (non-hydrogen) atoms. The predicted molar refractivity (Wildman–Crippen MR) is 133 cm³/mol. The molecule has 0 aliphatic carbocycles. The van der Waals surface area contributed by atoms with Crippen molar-refractivity contribution in [2.24, 2.45) is 0 Å². The van der Waals surface area contributed by atoms with Crippen molar-refractivity contribution in [2.75, 3.05) is 13.7 Å². The molecular weight excluding hydrogens is 449 g/mol. The van der Waals surface area contributed by atoms with E-state index in [1.54, 1.807) is 18.2 Å². The second-order valence-electron chi connectivity index (χ2n) is 9.36. The Morgan fingerprint density at radius 2 is 1.71 bits per heavy atom. The first-order valence-electron chi connectivity index (χ1n) is 11.4. The highest BCUT2D eigenvalue weighted by molar-refractivity contribution is 6.56. The lowest BCUT2D eigenvalue weighted by atomic mass is 9.77. The largest absolute Gasteiger partial charge is 0.496 e. The highest BCUT2D eigenvalue weighted by atomic mass is 16.7. The number of rotatable bonds is 9. The third kappa shape index (κ3) is 6.87. The van der Waals surface area contributed by atoms with Crippen LogP contribution in [0.2, 0.25) is 0 Å². The Bertz CT molecular complexity index is 1070. The number of carbonyl (C=O) groups excluding carboxylic acids is 1. The van der Waals surface area contributed by atoms with Crippen molar-refractivity contribution in [3.8, 4) is 5.75 Å². The monoisotopic (exact) mass is 481 g/mol. The van der Waals surface area contributed by atoms with Crippen LogP contribution in [0.4, 0.5) is 4.79 Å². The van der Waals surface area contributed by atoms with E-state index in [9.17, 15) is 9.59 Å². The van der Waals surface area contributed by atoms with E-state index in [-0.39, 0.29) is 19.6 Å². The molecular formula is C26H32BNO7. The minimum atomic E-state index is -0.942. The zero-order valence-corrected chi connectivity index (χ0v) is 20.8. The maximum Gasteiger partial charge on any atom is 0.492 e. The molecule has 0 atom stereocenters. The Kier molecular flexibility index (Phi) is 8.24. The summed E-state index contributed by atoms with van der Waals surface area (Å²) >= 11 is 0. The van der Waals surface area contributed by atoms with Gasteiger partial charge in [-0.05, 0) is 50.4 Å². The van der Waals surface area contributed by atoms with Crippen LogP contribution in [0.25, 0.3) is 6.08 Å². The molecule has 0 aromatic heterocycles. The van der Waals surface area contributed by atoms with Crippen molar-refractivity contribution in [1.82, 2.24) is 5.32 Å². The molecule has 186 valence electrons. The van der Waals surface area contributed by atoms with E-state index in [1.165, 1.54) is 7.11 Å². The molecule has 1 aliphatic heterocycles. The van der Waals surface area contributed by atoms with Crippen molar-refractivity contribution in [3.05, 3.63) is 70.7 Å². The fraction of sp³-hybridized carbons (Fsp3) is 0.385. The second kappa shape index (κ2) is 11.0. The Labute approximate surface area is 206 Å². The van der Waals surface area contributed by atoms with Gasteiger partial charge in [0.15, 0.2) is 0 Å². The quantitative estimate of drug-likeness (QED) is 0.516. The van der Waals surface area contributed by atoms with E-state index < -0.39 is 30.4 Å². The minimum absolute atomic E-state index is 0.129. The van der Waals surface area contributed by atoms with Crippen LogP contribution in [0.1, 0.15) is 44.4 Å². The van der Waals surface area contributed by atoms with Crippen LogP contribution in [-0.2, 0) is 31.9 Å². The number of amides is 1. The third-order valence-electron chi connectivity index (χ3n) is 6.21. The van der Waals surface area contributed by atoms with Gasteiger partial charge in [0.25, 0.3) is 0 Å². The second-order valence-corrected chi connectivity index (χ2v) is 9.36. The van der Waals surface area contributed by atoms with Crippen molar-refractivity contribution < 1.29 is 33.5 Å². The van der Waals surface area contributed by atoms with Gasteiger partial charge < -0.3 is 29.2 Å². The van der Waals surface area contributed by atoms with Gasteiger partial charge in [-0.25, -0.2) is 4.79 Å². The van der Waals surface area contributed by atoms with E-state index in [1.807, 2.05) is 64.1 Å². The number of carbonyl (C=O) groups is 2. The van der Waals surface area contributed by atoms with Crippen molar-refractivity contribution in [2.45, 2.75) is 51.9 Å². The van der Waals surface area contributed by atoms with E-state index in [2.05, 4.69) is 5.32 Å². The van der Waals surface area contributed by atoms with Crippen LogP contribution in [0, 0.1) is 0 Å². The summed E-state index contributed by atoms with van der Waals surface area (Å²) in [6, 6.07) is 14.7. The van der Waals surface area contributed by atoms with Crippen LogP contribution in [-0.4, -0.2) is 49.1 Å². The van der Waals surface area contributed by atoms with Crippen LogP contribution >= 0.6 is 0 Å². The first-order chi connectivity index (χ1) is 16.5. The number of ether oxygens (including phenoxy) is 2. The topological polar surface area (TPSA) is 103 Å². The third-order valence-corrected chi connectivity index (χ3v) is 6.21. The molecule has 1 amide bonds. The Hall–Kier alpha value is -3.30. The lowest BCUT2D eigenvalue weighted by Gasteiger charge is -2.32. The highest BCUT2D eigenvalue weighted by Gasteiger charge is 2.52. The molecule has 0 bridgehead atoms. The summed E-state index contributed by atoms with van der Waals surface area (Å²) in [6.45, 7) is 8.10. The number of hydrogen-bond acceptors (Lipinski definition) is 6. The van der Waals surface area contributed by atoms with E-state index in [0.29, 0.717) is 16.8 Å². The molecule has 2 N–H and O–H groups in total. The normalized spacial score (nSPS) is 16.6. The Morgan fingerprint density at radius 1 is 1.06 bits per heavy atom. The molecule has 1 heterocycles. The average molecular weight is 481 g/mol. The average Bonchev–Trinajstić information content (AvgIpc) is 3.03. The molecule has 1 aliphatic rings. The first-order valence-corrected chi connectivity index (χ1v) is 11.4. The van der Waals surface area contributed by atoms with Crippen LogP contribution in [0.15, 0.2) is 54.0 Å². The number of benzene rings is 2. The molecule has 8 nitrogen and oxygen atoms in total. The number of nitrogens with one attached hydrogen (secondary N) is 1.